The van der Waals surface area contributed by atoms with Crippen LogP contribution in [0.25, 0.3) is 0 Å². The molecule has 0 aliphatic heterocycles. The largest absolute Gasteiger partial charge is 0.497 e. The number of ether oxygens (including phenoxy) is 1. The average molecular weight is 259 g/mol. The quantitative estimate of drug-likeness (QED) is 0.890. The molecule has 0 spiro atoms. The van der Waals surface area contributed by atoms with Crippen LogP contribution in [0.1, 0.15) is 30.0 Å². The Kier molecular flexibility index (Phi) is 3.24. The van der Waals surface area contributed by atoms with Crippen LogP contribution in [0.3, 0.4) is 0 Å². The molecule has 1 atom stereocenters. The fourth-order valence-corrected chi connectivity index (χ4v) is 3.20. The van der Waals surface area contributed by atoms with E-state index in [1.54, 1.807) is 18.4 Å². The van der Waals surface area contributed by atoms with Gasteiger partial charge in [0, 0.05) is 11.1 Å². The number of anilines is 1. The molecule has 0 saturated carbocycles. The standard InChI is InChI=1S/C15H17NOS/c1-17-13-6-5-11-3-2-4-15(14(11)9-13)16-12-7-8-18-10-12/h5-10,15-16H,2-4H2,1H3. The van der Waals surface area contributed by atoms with E-state index in [4.69, 9.17) is 4.74 Å². The lowest BCUT2D eigenvalue weighted by atomic mass is 9.87. The van der Waals surface area contributed by atoms with E-state index < -0.39 is 0 Å². The number of thiophene rings is 1. The summed E-state index contributed by atoms with van der Waals surface area (Å²) >= 11 is 1.73. The zero-order valence-electron chi connectivity index (χ0n) is 10.5. The Morgan fingerprint density at radius 3 is 3.06 bits per heavy atom. The fraction of sp³-hybridized carbons (Fsp3) is 0.333. The van der Waals surface area contributed by atoms with Crippen molar-refractivity contribution in [1.29, 1.82) is 0 Å². The van der Waals surface area contributed by atoms with Gasteiger partial charge in [0.2, 0.25) is 0 Å². The molecule has 0 amide bonds. The smallest absolute Gasteiger partial charge is 0.119 e. The van der Waals surface area contributed by atoms with Crippen LogP contribution in [0.15, 0.2) is 35.0 Å². The third-order valence-corrected chi connectivity index (χ3v) is 4.21. The van der Waals surface area contributed by atoms with Crippen LogP contribution in [0.5, 0.6) is 5.75 Å². The Morgan fingerprint density at radius 1 is 1.33 bits per heavy atom. The van der Waals surface area contributed by atoms with Gasteiger partial charge in [0.1, 0.15) is 5.75 Å². The van der Waals surface area contributed by atoms with Crippen molar-refractivity contribution >= 4 is 17.0 Å². The molecule has 0 bridgehead atoms. The molecule has 3 rings (SSSR count). The molecule has 1 aliphatic rings. The Hall–Kier alpha value is -1.48. The summed E-state index contributed by atoms with van der Waals surface area (Å²) in [4.78, 5) is 0. The highest BCUT2D eigenvalue weighted by Crippen LogP contribution is 2.35. The molecule has 1 aliphatic carbocycles. The maximum absolute atomic E-state index is 5.34. The zero-order chi connectivity index (χ0) is 12.4. The first-order chi connectivity index (χ1) is 8.86. The number of fused-ring (bicyclic) bond motifs is 1. The molecule has 1 N–H and O–H groups in total. The van der Waals surface area contributed by atoms with Crippen molar-refractivity contribution < 1.29 is 4.74 Å². The maximum atomic E-state index is 5.34. The first kappa shape index (κ1) is 11.6. The zero-order valence-corrected chi connectivity index (χ0v) is 11.3. The summed E-state index contributed by atoms with van der Waals surface area (Å²) in [6, 6.07) is 9.00. The molecule has 18 heavy (non-hydrogen) atoms. The van der Waals surface area contributed by atoms with Gasteiger partial charge in [-0.15, -0.1) is 0 Å². The minimum Gasteiger partial charge on any atom is -0.497 e. The van der Waals surface area contributed by atoms with Crippen molar-refractivity contribution in [3.63, 3.8) is 0 Å². The summed E-state index contributed by atoms with van der Waals surface area (Å²) in [5.74, 6) is 0.952. The van der Waals surface area contributed by atoms with Gasteiger partial charge in [-0.05, 0) is 54.0 Å². The van der Waals surface area contributed by atoms with Gasteiger partial charge >= 0.3 is 0 Å². The van der Waals surface area contributed by atoms with Crippen LogP contribution >= 0.6 is 11.3 Å². The second-order valence-corrected chi connectivity index (χ2v) is 5.45. The highest BCUT2D eigenvalue weighted by Gasteiger charge is 2.20. The average Bonchev–Trinajstić information content (AvgIpc) is 2.91. The Labute approximate surface area is 112 Å². The van der Waals surface area contributed by atoms with E-state index in [0.29, 0.717) is 6.04 Å². The van der Waals surface area contributed by atoms with Crippen LogP contribution in [0.4, 0.5) is 5.69 Å². The summed E-state index contributed by atoms with van der Waals surface area (Å²) in [6.45, 7) is 0. The van der Waals surface area contributed by atoms with Crippen molar-refractivity contribution in [2.75, 3.05) is 12.4 Å². The summed E-state index contributed by atoms with van der Waals surface area (Å²) in [5.41, 5.74) is 4.07. The predicted octanol–water partition coefficient (Wildman–Crippen LogP) is 4.25. The van der Waals surface area contributed by atoms with Crippen molar-refractivity contribution in [3.05, 3.63) is 46.2 Å². The molecule has 1 aromatic carbocycles. The topological polar surface area (TPSA) is 21.3 Å². The number of methoxy groups -OCH3 is 1. The van der Waals surface area contributed by atoms with E-state index in [-0.39, 0.29) is 0 Å². The number of hydrogen-bond donors (Lipinski definition) is 1. The molecule has 3 heteroatoms. The Bertz CT molecular complexity index is 521. The van der Waals surface area contributed by atoms with E-state index in [1.165, 1.54) is 36.1 Å². The second-order valence-electron chi connectivity index (χ2n) is 4.67. The van der Waals surface area contributed by atoms with Crippen molar-refractivity contribution in [2.45, 2.75) is 25.3 Å². The van der Waals surface area contributed by atoms with Gasteiger partial charge < -0.3 is 10.1 Å². The molecular weight excluding hydrogens is 242 g/mol. The van der Waals surface area contributed by atoms with Gasteiger partial charge in [-0.25, -0.2) is 0 Å². The molecule has 0 radical (unpaired) electrons. The van der Waals surface area contributed by atoms with E-state index in [9.17, 15) is 0 Å². The van der Waals surface area contributed by atoms with E-state index in [1.807, 2.05) is 0 Å². The van der Waals surface area contributed by atoms with Crippen molar-refractivity contribution in [1.82, 2.24) is 0 Å². The summed E-state index contributed by atoms with van der Waals surface area (Å²) < 4.78 is 5.34. The Balaban J connectivity index is 1.90. The fourth-order valence-electron chi connectivity index (χ4n) is 2.60. The van der Waals surface area contributed by atoms with Gasteiger partial charge in [0.05, 0.1) is 13.2 Å². The molecule has 0 saturated heterocycles. The summed E-state index contributed by atoms with van der Waals surface area (Å²) in [7, 11) is 1.73. The number of aryl methyl sites for hydroxylation is 1. The lowest BCUT2D eigenvalue weighted by Crippen LogP contribution is -2.17. The van der Waals surface area contributed by atoms with Gasteiger partial charge in [-0.1, -0.05) is 6.07 Å². The highest BCUT2D eigenvalue weighted by molar-refractivity contribution is 7.08. The molecular formula is C15H17NOS. The van der Waals surface area contributed by atoms with E-state index in [0.717, 1.165) is 5.75 Å². The lowest BCUT2D eigenvalue weighted by molar-refractivity contribution is 0.413. The van der Waals surface area contributed by atoms with Crippen LogP contribution in [-0.2, 0) is 6.42 Å². The first-order valence-electron chi connectivity index (χ1n) is 6.32. The maximum Gasteiger partial charge on any atom is 0.119 e. The number of rotatable bonds is 3. The summed E-state index contributed by atoms with van der Waals surface area (Å²) in [5, 5.41) is 7.89. The van der Waals surface area contributed by atoms with Crippen molar-refractivity contribution in [3.8, 4) is 5.75 Å². The van der Waals surface area contributed by atoms with Crippen LogP contribution in [-0.4, -0.2) is 7.11 Å². The molecule has 2 aromatic rings. The Morgan fingerprint density at radius 2 is 2.28 bits per heavy atom. The molecule has 2 nitrogen and oxygen atoms in total. The predicted molar refractivity (Wildman–Crippen MR) is 76.6 cm³/mol. The SMILES string of the molecule is COc1ccc2c(c1)C(Nc1ccsc1)CCC2. The van der Waals surface area contributed by atoms with Gasteiger partial charge in [-0.2, -0.15) is 11.3 Å². The monoisotopic (exact) mass is 259 g/mol. The van der Waals surface area contributed by atoms with Crippen LogP contribution in [0, 0.1) is 0 Å². The van der Waals surface area contributed by atoms with E-state index in [2.05, 4.69) is 40.3 Å². The normalized spacial score (nSPS) is 18.2. The molecule has 1 heterocycles. The number of hydrogen-bond acceptors (Lipinski definition) is 3. The van der Waals surface area contributed by atoms with Crippen LogP contribution < -0.4 is 10.1 Å². The van der Waals surface area contributed by atoms with Gasteiger partial charge in [0.25, 0.3) is 0 Å². The molecule has 0 fully saturated rings. The second kappa shape index (κ2) is 5.02. The molecule has 94 valence electrons. The third-order valence-electron chi connectivity index (χ3n) is 3.53. The molecule has 1 aromatic heterocycles. The number of nitrogens with one attached hydrogen (secondary N) is 1. The van der Waals surface area contributed by atoms with Gasteiger partial charge in [-0.3, -0.25) is 0 Å². The lowest BCUT2D eigenvalue weighted by Gasteiger charge is -2.27. The van der Waals surface area contributed by atoms with Crippen LogP contribution in [0.2, 0.25) is 0 Å². The first-order valence-corrected chi connectivity index (χ1v) is 7.26. The summed E-state index contributed by atoms with van der Waals surface area (Å²) in [6.07, 6.45) is 3.62. The highest BCUT2D eigenvalue weighted by atomic mass is 32.1. The number of benzene rings is 1. The minimum absolute atomic E-state index is 0.415. The van der Waals surface area contributed by atoms with E-state index >= 15 is 0 Å². The minimum atomic E-state index is 0.415. The third kappa shape index (κ3) is 2.23. The van der Waals surface area contributed by atoms with Gasteiger partial charge in [0.15, 0.2) is 0 Å². The molecule has 1 unspecified atom stereocenters. The van der Waals surface area contributed by atoms with Crippen molar-refractivity contribution in [2.24, 2.45) is 0 Å².